The molecule has 1 rings (SSSR count). The van der Waals surface area contributed by atoms with Crippen LogP contribution in [-0.4, -0.2) is 17.5 Å². The molecule has 0 bridgehead atoms. The van der Waals surface area contributed by atoms with Crippen molar-refractivity contribution in [2.24, 2.45) is 0 Å². The molecule has 0 aromatic heterocycles. The van der Waals surface area contributed by atoms with Crippen molar-refractivity contribution in [2.75, 3.05) is 6.54 Å². The molecule has 0 saturated carbocycles. The van der Waals surface area contributed by atoms with Crippen LogP contribution in [0.25, 0.3) is 0 Å². The van der Waals surface area contributed by atoms with Gasteiger partial charge in [-0.25, -0.2) is 0 Å². The molecule has 1 amide bonds. The number of hydrogen-bond donors (Lipinski definition) is 0. The van der Waals surface area contributed by atoms with Gasteiger partial charge in [0.05, 0.1) is 0 Å². The number of carboxylic acid groups (broad SMARTS) is 1. The molecule has 0 atom stereocenters. The Morgan fingerprint density at radius 1 is 1.50 bits per heavy atom. The molecule has 0 unspecified atom stereocenters. The van der Waals surface area contributed by atoms with Crippen molar-refractivity contribution in [2.45, 2.75) is 0 Å². The number of carbonyl (C=O) groups is 1. The smallest absolute Gasteiger partial charge is 0.530 e. The zero-order valence-corrected chi connectivity index (χ0v) is 7.78. The third-order valence-corrected chi connectivity index (χ3v) is 1.05. The Kier molecular flexibility index (Phi) is 4.43. The van der Waals surface area contributed by atoms with E-state index in [-0.39, 0.29) is 29.6 Å². The largest absolute Gasteiger partial charge is 1.00 e. The van der Waals surface area contributed by atoms with Gasteiger partial charge in [0.25, 0.3) is 0 Å². The van der Waals surface area contributed by atoms with E-state index in [2.05, 4.69) is 0 Å². The summed E-state index contributed by atoms with van der Waals surface area (Å²) in [5.41, 5.74) is 0. The average molecular weight is 147 g/mol. The minimum Gasteiger partial charge on any atom is -0.530 e. The van der Waals surface area contributed by atoms with E-state index in [1.54, 1.807) is 18.2 Å². The Bertz CT molecular complexity index is 177. The van der Waals surface area contributed by atoms with Crippen molar-refractivity contribution < 1.29 is 39.5 Å². The molecule has 4 heteroatoms. The molecule has 1 aliphatic rings. The van der Waals surface area contributed by atoms with Crippen LogP contribution in [-0.2, 0) is 0 Å². The SMILES string of the molecule is O=C([O-])N1C=CC=CC1.[Na+]. The van der Waals surface area contributed by atoms with Crippen molar-refractivity contribution in [1.29, 1.82) is 0 Å². The van der Waals surface area contributed by atoms with Gasteiger partial charge < -0.3 is 14.8 Å². The zero-order valence-electron chi connectivity index (χ0n) is 5.78. The molecular formula is C6H6NNaO2. The number of amides is 1. The first-order valence-corrected chi connectivity index (χ1v) is 2.61. The van der Waals surface area contributed by atoms with Crippen molar-refractivity contribution in [3.05, 3.63) is 24.4 Å². The second-order valence-corrected chi connectivity index (χ2v) is 1.69. The summed E-state index contributed by atoms with van der Waals surface area (Å²) in [6.45, 7) is 0.402. The van der Waals surface area contributed by atoms with Crippen LogP contribution in [0.2, 0.25) is 0 Å². The molecule has 3 nitrogen and oxygen atoms in total. The maximum Gasteiger partial charge on any atom is 1.00 e. The number of rotatable bonds is 0. The number of carbonyl (C=O) groups excluding carboxylic acids is 1. The van der Waals surface area contributed by atoms with Gasteiger partial charge in [-0.05, 0) is 6.08 Å². The Morgan fingerprint density at radius 3 is 2.50 bits per heavy atom. The van der Waals surface area contributed by atoms with Crippen LogP contribution in [0.15, 0.2) is 24.4 Å². The van der Waals surface area contributed by atoms with Crippen LogP contribution in [0.4, 0.5) is 4.79 Å². The van der Waals surface area contributed by atoms with E-state index < -0.39 is 6.09 Å². The van der Waals surface area contributed by atoms with Gasteiger partial charge in [-0.1, -0.05) is 12.2 Å². The quantitative estimate of drug-likeness (QED) is 0.337. The Hall–Kier alpha value is -0.250. The normalized spacial score (nSPS) is 14.6. The van der Waals surface area contributed by atoms with Gasteiger partial charge in [0.15, 0.2) is 0 Å². The van der Waals surface area contributed by atoms with Gasteiger partial charge >= 0.3 is 29.6 Å². The van der Waals surface area contributed by atoms with E-state index >= 15 is 0 Å². The van der Waals surface area contributed by atoms with E-state index in [9.17, 15) is 9.90 Å². The predicted octanol–water partition coefficient (Wildman–Crippen LogP) is -3.28. The van der Waals surface area contributed by atoms with E-state index in [1.165, 1.54) is 6.20 Å². The van der Waals surface area contributed by atoms with Gasteiger partial charge in [0.2, 0.25) is 0 Å². The second-order valence-electron chi connectivity index (χ2n) is 1.69. The summed E-state index contributed by atoms with van der Waals surface area (Å²) >= 11 is 0. The van der Waals surface area contributed by atoms with Gasteiger partial charge in [-0.3, -0.25) is 0 Å². The van der Waals surface area contributed by atoms with Gasteiger partial charge in [0.1, 0.15) is 6.09 Å². The first kappa shape index (κ1) is 9.75. The van der Waals surface area contributed by atoms with E-state index in [0.717, 1.165) is 4.90 Å². The predicted molar refractivity (Wildman–Crippen MR) is 30.4 cm³/mol. The minimum atomic E-state index is -1.16. The monoisotopic (exact) mass is 147 g/mol. The number of hydrogen-bond acceptors (Lipinski definition) is 2. The van der Waals surface area contributed by atoms with Crippen LogP contribution in [0.5, 0.6) is 0 Å². The molecule has 0 fully saturated rings. The first-order chi connectivity index (χ1) is 4.30. The van der Waals surface area contributed by atoms with Gasteiger partial charge in [0, 0.05) is 12.7 Å². The molecule has 0 radical (unpaired) electrons. The fourth-order valence-electron chi connectivity index (χ4n) is 0.603. The third-order valence-electron chi connectivity index (χ3n) is 1.05. The van der Waals surface area contributed by atoms with E-state index in [4.69, 9.17) is 0 Å². The van der Waals surface area contributed by atoms with Crippen LogP contribution < -0.4 is 34.7 Å². The van der Waals surface area contributed by atoms with Crippen LogP contribution in [0.3, 0.4) is 0 Å². The van der Waals surface area contributed by atoms with Crippen LogP contribution in [0.1, 0.15) is 0 Å². The van der Waals surface area contributed by atoms with Crippen molar-refractivity contribution >= 4 is 6.09 Å². The maximum atomic E-state index is 10.1. The van der Waals surface area contributed by atoms with Crippen molar-refractivity contribution in [3.63, 3.8) is 0 Å². The van der Waals surface area contributed by atoms with Gasteiger partial charge in [-0.15, -0.1) is 0 Å². The fourth-order valence-corrected chi connectivity index (χ4v) is 0.603. The Balaban J connectivity index is 0.000000810. The Morgan fingerprint density at radius 2 is 2.20 bits per heavy atom. The summed E-state index contributed by atoms with van der Waals surface area (Å²) in [7, 11) is 0. The molecule has 48 valence electrons. The molecule has 0 aromatic carbocycles. The molecule has 0 spiro atoms. The Labute approximate surface area is 81.3 Å². The first-order valence-electron chi connectivity index (χ1n) is 2.61. The van der Waals surface area contributed by atoms with Crippen LogP contribution >= 0.6 is 0 Å². The summed E-state index contributed by atoms with van der Waals surface area (Å²) in [6.07, 6.45) is 5.50. The number of nitrogens with zero attached hydrogens (tertiary/aromatic N) is 1. The molecule has 10 heavy (non-hydrogen) atoms. The zero-order chi connectivity index (χ0) is 6.69. The van der Waals surface area contributed by atoms with Crippen molar-refractivity contribution in [3.8, 4) is 0 Å². The van der Waals surface area contributed by atoms with Crippen molar-refractivity contribution in [1.82, 2.24) is 4.90 Å². The summed E-state index contributed by atoms with van der Waals surface area (Å²) in [5.74, 6) is 0. The second kappa shape index (κ2) is 4.55. The standard InChI is InChI=1S/C6H7NO2.Na/c8-6(9)7-4-2-1-3-5-7;/h1-4H,5H2,(H,8,9);/q;+1/p-1. The van der Waals surface area contributed by atoms with E-state index in [1.807, 2.05) is 0 Å². The fraction of sp³-hybridized carbons (Fsp3) is 0.167. The molecule has 1 heterocycles. The van der Waals surface area contributed by atoms with E-state index in [0.29, 0.717) is 6.54 Å². The average Bonchev–Trinajstić information content (AvgIpc) is 1.90. The topological polar surface area (TPSA) is 43.4 Å². The molecule has 0 aliphatic carbocycles. The van der Waals surface area contributed by atoms with Gasteiger partial charge in [-0.2, -0.15) is 0 Å². The molecule has 1 aliphatic heterocycles. The van der Waals surface area contributed by atoms with Crippen LogP contribution in [0, 0.1) is 0 Å². The third kappa shape index (κ3) is 2.56. The summed E-state index contributed by atoms with van der Waals surface area (Å²) in [4.78, 5) is 11.2. The minimum absolute atomic E-state index is 0. The molecular weight excluding hydrogens is 141 g/mol. The maximum absolute atomic E-state index is 10.1. The summed E-state index contributed by atoms with van der Waals surface area (Å²) < 4.78 is 0. The number of allylic oxidation sites excluding steroid dienone is 2. The summed E-state index contributed by atoms with van der Waals surface area (Å²) in [6, 6.07) is 0. The molecule has 0 saturated heterocycles. The summed E-state index contributed by atoms with van der Waals surface area (Å²) in [5, 5.41) is 10.1. The molecule has 0 aromatic rings. The molecule has 0 N–H and O–H groups in total.